The van der Waals surface area contributed by atoms with E-state index in [9.17, 15) is 9.90 Å². The highest BCUT2D eigenvalue weighted by Crippen LogP contribution is 2.42. The molecule has 2 aliphatic carbocycles. The van der Waals surface area contributed by atoms with E-state index in [0.717, 1.165) is 32.3 Å². The van der Waals surface area contributed by atoms with Crippen molar-refractivity contribution >= 4 is 14.1 Å². The van der Waals surface area contributed by atoms with E-state index < -0.39 is 14.4 Å². The number of allylic oxidation sites excluding steroid dienone is 1. The molecule has 168 valence electrons. The van der Waals surface area contributed by atoms with Gasteiger partial charge in [-0.25, -0.2) is 0 Å². The average molecular weight is 423 g/mol. The lowest BCUT2D eigenvalue weighted by atomic mass is 9.77. The minimum atomic E-state index is -1.80. The first kappa shape index (κ1) is 24.8. The molecular formula is C25H46O3Si. The van der Waals surface area contributed by atoms with Gasteiger partial charge in [0.15, 0.2) is 8.32 Å². The highest BCUT2D eigenvalue weighted by atomic mass is 28.4. The van der Waals surface area contributed by atoms with Gasteiger partial charge in [0.05, 0.1) is 12.0 Å². The van der Waals surface area contributed by atoms with Crippen LogP contribution in [-0.4, -0.2) is 31.9 Å². The topological polar surface area (TPSA) is 46.5 Å². The molecule has 0 unspecified atom stereocenters. The quantitative estimate of drug-likeness (QED) is 0.243. The van der Waals surface area contributed by atoms with Crippen molar-refractivity contribution in [3.63, 3.8) is 0 Å². The molecule has 0 aromatic rings. The summed E-state index contributed by atoms with van der Waals surface area (Å²) in [6.07, 6.45) is 12.3. The summed E-state index contributed by atoms with van der Waals surface area (Å²) in [4.78, 5) is 12.5. The van der Waals surface area contributed by atoms with Crippen LogP contribution in [0, 0.1) is 17.8 Å². The highest BCUT2D eigenvalue weighted by molar-refractivity contribution is 6.77. The third-order valence-corrected chi connectivity index (χ3v) is 13.9. The maximum absolute atomic E-state index is 12.5. The van der Waals surface area contributed by atoms with Gasteiger partial charge in [-0.2, -0.15) is 0 Å². The van der Waals surface area contributed by atoms with Crippen molar-refractivity contribution in [1.29, 1.82) is 0 Å². The maximum atomic E-state index is 12.5. The Morgan fingerprint density at radius 3 is 2.14 bits per heavy atom. The molecule has 1 N–H and O–H groups in total. The van der Waals surface area contributed by atoms with Crippen molar-refractivity contribution in [2.75, 3.05) is 6.61 Å². The second-order valence-electron chi connectivity index (χ2n) is 10.5. The third kappa shape index (κ3) is 5.83. The molecule has 0 saturated heterocycles. The Kier molecular flexibility index (Phi) is 9.62. The molecule has 0 bridgehead atoms. The lowest BCUT2D eigenvalue weighted by Gasteiger charge is -2.42. The molecule has 0 amide bonds. The van der Waals surface area contributed by atoms with Gasteiger partial charge in [-0.15, -0.1) is 0 Å². The average Bonchev–Trinajstić information content (AvgIpc) is 3.04. The molecule has 0 heterocycles. The zero-order chi connectivity index (χ0) is 21.6. The van der Waals surface area contributed by atoms with Gasteiger partial charge in [-0.3, -0.25) is 4.79 Å². The fraction of sp³-hybridized carbons (Fsp3) is 0.880. The number of Topliss-reactive ketones (excluding diaryl/α,β-unsaturated/α-hetero) is 1. The Hall–Kier alpha value is -0.453. The standard InChI is InChI=1S/C25H46O3Si/c1-18(2)29(19(3)4,20(5)6)28-17-11-10-12-21-15-16-23(26)24(21)25(27)22-13-8-7-9-14-22/h10,12,18-22,24-25,27H,7-9,11,13-17H2,1-6H3/b12-10+/t21-,24-,25-/m1/s1. The molecule has 3 atom stereocenters. The Bertz CT molecular complexity index is 512. The number of carbonyl (C=O) groups is 1. The first-order valence-electron chi connectivity index (χ1n) is 12.2. The number of aliphatic hydroxyl groups is 1. The summed E-state index contributed by atoms with van der Waals surface area (Å²) >= 11 is 0. The van der Waals surface area contributed by atoms with Gasteiger partial charge in [-0.1, -0.05) is 73.0 Å². The SMILES string of the molecule is CC(C)[Si](OCC/C=C/[C@@H]1CCC(=O)[C@@H]1[C@H](O)C1CCCCC1)(C(C)C)C(C)C. The molecule has 0 aromatic carbocycles. The fourth-order valence-corrected chi connectivity index (χ4v) is 11.9. The van der Waals surface area contributed by atoms with E-state index in [0.29, 0.717) is 29.0 Å². The number of rotatable bonds is 10. The van der Waals surface area contributed by atoms with Gasteiger partial charge >= 0.3 is 0 Å². The highest BCUT2D eigenvalue weighted by Gasteiger charge is 2.45. The number of aliphatic hydroxyl groups excluding tert-OH is 1. The number of hydrogen-bond acceptors (Lipinski definition) is 3. The Balaban J connectivity index is 1.92. The van der Waals surface area contributed by atoms with Crippen LogP contribution in [-0.2, 0) is 9.22 Å². The first-order valence-corrected chi connectivity index (χ1v) is 14.4. The molecule has 2 saturated carbocycles. The lowest BCUT2D eigenvalue weighted by molar-refractivity contribution is -0.126. The van der Waals surface area contributed by atoms with Gasteiger partial charge < -0.3 is 9.53 Å². The van der Waals surface area contributed by atoms with E-state index in [-0.39, 0.29) is 17.6 Å². The Morgan fingerprint density at radius 2 is 1.59 bits per heavy atom. The van der Waals surface area contributed by atoms with Crippen LogP contribution >= 0.6 is 0 Å². The number of ketones is 1. The maximum Gasteiger partial charge on any atom is 0.200 e. The van der Waals surface area contributed by atoms with E-state index >= 15 is 0 Å². The van der Waals surface area contributed by atoms with Crippen molar-refractivity contribution in [2.45, 2.75) is 116 Å². The van der Waals surface area contributed by atoms with Crippen LogP contribution in [0.15, 0.2) is 12.2 Å². The summed E-state index contributed by atoms with van der Waals surface area (Å²) in [7, 11) is -1.80. The van der Waals surface area contributed by atoms with Crippen LogP contribution in [0.5, 0.6) is 0 Å². The zero-order valence-corrected chi connectivity index (χ0v) is 20.8. The number of carbonyl (C=O) groups excluding carboxylic acids is 1. The smallest absolute Gasteiger partial charge is 0.200 e. The summed E-state index contributed by atoms with van der Waals surface area (Å²) in [6, 6.07) is 0. The largest absolute Gasteiger partial charge is 0.416 e. The fourth-order valence-electron chi connectivity index (χ4n) is 6.40. The zero-order valence-electron chi connectivity index (χ0n) is 19.8. The van der Waals surface area contributed by atoms with Crippen LogP contribution in [0.1, 0.15) is 92.9 Å². The second-order valence-corrected chi connectivity index (χ2v) is 15.9. The van der Waals surface area contributed by atoms with Crippen LogP contribution < -0.4 is 0 Å². The minimum Gasteiger partial charge on any atom is -0.416 e. The monoisotopic (exact) mass is 422 g/mol. The van der Waals surface area contributed by atoms with Crippen molar-refractivity contribution in [2.24, 2.45) is 17.8 Å². The van der Waals surface area contributed by atoms with Crippen LogP contribution in [0.25, 0.3) is 0 Å². The van der Waals surface area contributed by atoms with Gasteiger partial charge in [0.1, 0.15) is 5.78 Å². The summed E-state index contributed by atoms with van der Waals surface area (Å²) in [5, 5.41) is 10.9. The summed E-state index contributed by atoms with van der Waals surface area (Å²) in [5.41, 5.74) is 1.82. The Morgan fingerprint density at radius 1 is 1.00 bits per heavy atom. The molecule has 0 aliphatic heterocycles. The second kappa shape index (κ2) is 11.2. The molecule has 0 radical (unpaired) electrons. The molecular weight excluding hydrogens is 376 g/mol. The summed E-state index contributed by atoms with van der Waals surface area (Å²) < 4.78 is 6.64. The molecule has 2 fully saturated rings. The molecule has 0 spiro atoms. The van der Waals surface area contributed by atoms with Crippen molar-refractivity contribution in [1.82, 2.24) is 0 Å². The van der Waals surface area contributed by atoms with Crippen molar-refractivity contribution in [3.8, 4) is 0 Å². The van der Waals surface area contributed by atoms with E-state index in [1.54, 1.807) is 0 Å². The summed E-state index contributed by atoms with van der Waals surface area (Å²) in [5.74, 6) is 0.636. The van der Waals surface area contributed by atoms with E-state index in [2.05, 4.69) is 53.7 Å². The van der Waals surface area contributed by atoms with Gasteiger partial charge in [0.25, 0.3) is 0 Å². The molecule has 4 heteroatoms. The molecule has 0 aromatic heterocycles. The van der Waals surface area contributed by atoms with Crippen LogP contribution in [0.4, 0.5) is 0 Å². The summed E-state index contributed by atoms with van der Waals surface area (Å²) in [6.45, 7) is 14.7. The van der Waals surface area contributed by atoms with E-state index in [1.807, 2.05) is 0 Å². The van der Waals surface area contributed by atoms with Crippen molar-refractivity contribution in [3.05, 3.63) is 12.2 Å². The molecule has 29 heavy (non-hydrogen) atoms. The third-order valence-electron chi connectivity index (χ3n) is 7.78. The van der Waals surface area contributed by atoms with Crippen LogP contribution in [0.2, 0.25) is 16.6 Å². The number of hydrogen-bond donors (Lipinski definition) is 1. The van der Waals surface area contributed by atoms with Crippen molar-refractivity contribution < 1.29 is 14.3 Å². The lowest BCUT2D eigenvalue weighted by Crippen LogP contribution is -2.47. The normalized spacial score (nSPS) is 25.8. The first-order chi connectivity index (χ1) is 13.7. The van der Waals surface area contributed by atoms with Gasteiger partial charge in [0.2, 0.25) is 0 Å². The van der Waals surface area contributed by atoms with Gasteiger partial charge in [0, 0.05) is 13.0 Å². The molecule has 3 nitrogen and oxygen atoms in total. The van der Waals surface area contributed by atoms with Crippen LogP contribution in [0.3, 0.4) is 0 Å². The van der Waals surface area contributed by atoms with E-state index in [1.165, 1.54) is 19.3 Å². The molecule has 2 rings (SSSR count). The predicted molar refractivity (Wildman–Crippen MR) is 125 cm³/mol. The predicted octanol–water partition coefficient (Wildman–Crippen LogP) is 6.66. The molecule has 2 aliphatic rings. The van der Waals surface area contributed by atoms with E-state index in [4.69, 9.17) is 4.43 Å². The van der Waals surface area contributed by atoms with Gasteiger partial charge in [-0.05, 0) is 54.1 Å². The minimum absolute atomic E-state index is 0.175. The Labute approximate surface area is 180 Å².